The van der Waals surface area contributed by atoms with Crippen molar-refractivity contribution in [1.82, 2.24) is 4.31 Å². The van der Waals surface area contributed by atoms with E-state index in [2.05, 4.69) is 19.2 Å². The number of hydrogen-bond donors (Lipinski definition) is 1. The SMILES string of the molecule is CCC(C)C(C(=O)Nc1cc(S(=O)(=O)N(C)C)ccc1C)c1ccccc1. The highest BCUT2D eigenvalue weighted by Gasteiger charge is 2.27. The molecular formula is C21H28N2O3S. The van der Waals surface area contributed by atoms with Crippen molar-refractivity contribution in [2.45, 2.75) is 38.0 Å². The van der Waals surface area contributed by atoms with Crippen LogP contribution in [0.5, 0.6) is 0 Å². The van der Waals surface area contributed by atoms with Gasteiger partial charge in [-0.15, -0.1) is 0 Å². The fourth-order valence-corrected chi connectivity index (χ4v) is 3.88. The van der Waals surface area contributed by atoms with E-state index in [-0.39, 0.29) is 22.6 Å². The Labute approximate surface area is 162 Å². The molecule has 2 aromatic rings. The number of nitrogens with zero attached hydrogens (tertiary/aromatic N) is 1. The molecule has 0 bridgehead atoms. The molecule has 6 heteroatoms. The van der Waals surface area contributed by atoms with Gasteiger partial charge in [-0.05, 0) is 36.1 Å². The van der Waals surface area contributed by atoms with Gasteiger partial charge in [0.25, 0.3) is 0 Å². The first kappa shape index (κ1) is 21.1. The smallest absolute Gasteiger partial charge is 0.242 e. The van der Waals surface area contributed by atoms with Crippen molar-refractivity contribution in [1.29, 1.82) is 0 Å². The molecule has 0 aliphatic heterocycles. The van der Waals surface area contributed by atoms with Crippen LogP contribution in [0.25, 0.3) is 0 Å². The standard InChI is InChI=1S/C21H28N2O3S/c1-6-15(2)20(17-10-8-7-9-11-17)21(24)22-19-14-18(13-12-16(19)3)27(25,26)23(4)5/h7-15,20H,6H2,1-5H3,(H,22,24). The first-order chi connectivity index (χ1) is 12.7. The van der Waals surface area contributed by atoms with Gasteiger partial charge < -0.3 is 5.32 Å². The third kappa shape index (κ3) is 4.76. The zero-order chi connectivity index (χ0) is 20.2. The van der Waals surface area contributed by atoms with Gasteiger partial charge in [0.15, 0.2) is 0 Å². The number of hydrogen-bond acceptors (Lipinski definition) is 3. The summed E-state index contributed by atoms with van der Waals surface area (Å²) in [4.78, 5) is 13.2. The maximum Gasteiger partial charge on any atom is 0.242 e. The monoisotopic (exact) mass is 388 g/mol. The van der Waals surface area contributed by atoms with Gasteiger partial charge in [-0.3, -0.25) is 4.79 Å². The van der Waals surface area contributed by atoms with Gasteiger partial charge in [0.1, 0.15) is 0 Å². The van der Waals surface area contributed by atoms with Crippen LogP contribution < -0.4 is 5.32 Å². The summed E-state index contributed by atoms with van der Waals surface area (Å²) in [6.07, 6.45) is 0.862. The highest BCUT2D eigenvalue weighted by molar-refractivity contribution is 7.89. The maximum atomic E-state index is 13.1. The molecule has 1 amide bonds. The Hall–Kier alpha value is -2.18. The van der Waals surface area contributed by atoms with E-state index in [1.54, 1.807) is 12.1 Å². The molecular weight excluding hydrogens is 360 g/mol. The lowest BCUT2D eigenvalue weighted by Gasteiger charge is -2.23. The Bertz CT molecular complexity index is 893. The number of carbonyl (C=O) groups excluding carboxylic acids is 1. The molecule has 2 aromatic carbocycles. The van der Waals surface area contributed by atoms with E-state index in [1.165, 1.54) is 20.2 Å². The zero-order valence-corrected chi connectivity index (χ0v) is 17.4. The molecule has 0 fully saturated rings. The first-order valence-corrected chi connectivity index (χ1v) is 10.5. The van der Waals surface area contributed by atoms with Crippen LogP contribution in [-0.2, 0) is 14.8 Å². The van der Waals surface area contributed by atoms with Gasteiger partial charge in [0.05, 0.1) is 10.8 Å². The molecule has 0 saturated heterocycles. The van der Waals surface area contributed by atoms with Gasteiger partial charge in [-0.1, -0.05) is 56.7 Å². The summed E-state index contributed by atoms with van der Waals surface area (Å²) in [6, 6.07) is 14.5. The molecule has 2 rings (SSSR count). The van der Waals surface area contributed by atoms with Gasteiger partial charge in [-0.25, -0.2) is 12.7 Å². The second-order valence-corrected chi connectivity index (χ2v) is 9.18. The normalized spacial score (nSPS) is 14.0. The Balaban J connectivity index is 2.38. The summed E-state index contributed by atoms with van der Waals surface area (Å²) in [5.74, 6) is -0.274. The maximum absolute atomic E-state index is 13.1. The van der Waals surface area contributed by atoms with Crippen LogP contribution in [0.4, 0.5) is 5.69 Å². The van der Waals surface area contributed by atoms with E-state index in [0.717, 1.165) is 21.9 Å². The van der Waals surface area contributed by atoms with E-state index < -0.39 is 10.0 Å². The Morgan fingerprint density at radius 2 is 1.74 bits per heavy atom. The number of rotatable bonds is 7. The Kier molecular flexibility index (Phi) is 6.78. The summed E-state index contributed by atoms with van der Waals surface area (Å²) in [7, 11) is -0.588. The van der Waals surface area contributed by atoms with Crippen molar-refractivity contribution in [2.75, 3.05) is 19.4 Å². The molecule has 0 saturated carbocycles. The molecule has 2 unspecified atom stereocenters. The molecule has 0 aliphatic rings. The van der Waals surface area contributed by atoms with Crippen molar-refractivity contribution in [3.63, 3.8) is 0 Å². The van der Waals surface area contributed by atoms with Crippen molar-refractivity contribution >= 4 is 21.6 Å². The molecule has 0 radical (unpaired) electrons. The molecule has 0 spiro atoms. The van der Waals surface area contributed by atoms with Crippen LogP contribution >= 0.6 is 0 Å². The van der Waals surface area contributed by atoms with Crippen molar-refractivity contribution in [3.8, 4) is 0 Å². The molecule has 5 nitrogen and oxygen atoms in total. The minimum atomic E-state index is -3.56. The zero-order valence-electron chi connectivity index (χ0n) is 16.6. The Morgan fingerprint density at radius 1 is 1.11 bits per heavy atom. The molecule has 1 N–H and O–H groups in total. The van der Waals surface area contributed by atoms with E-state index in [0.29, 0.717) is 5.69 Å². The number of aryl methyl sites for hydroxylation is 1. The minimum Gasteiger partial charge on any atom is -0.325 e. The van der Waals surface area contributed by atoms with Crippen LogP contribution in [0, 0.1) is 12.8 Å². The first-order valence-electron chi connectivity index (χ1n) is 9.07. The predicted octanol–water partition coefficient (Wildman–Crippen LogP) is 4.01. The number of benzene rings is 2. The molecule has 0 aliphatic carbocycles. The fourth-order valence-electron chi connectivity index (χ4n) is 2.95. The van der Waals surface area contributed by atoms with Crippen molar-refractivity contribution in [2.24, 2.45) is 5.92 Å². The molecule has 0 aromatic heterocycles. The van der Waals surface area contributed by atoms with Gasteiger partial charge in [-0.2, -0.15) is 0 Å². The van der Waals surface area contributed by atoms with Gasteiger partial charge in [0.2, 0.25) is 15.9 Å². The highest BCUT2D eigenvalue weighted by Crippen LogP contribution is 2.30. The summed E-state index contributed by atoms with van der Waals surface area (Å²) < 4.78 is 26.0. The molecule has 2 atom stereocenters. The van der Waals surface area contributed by atoms with Crippen LogP contribution in [0.2, 0.25) is 0 Å². The van der Waals surface area contributed by atoms with E-state index >= 15 is 0 Å². The lowest BCUT2D eigenvalue weighted by atomic mass is 9.85. The second kappa shape index (κ2) is 8.67. The largest absolute Gasteiger partial charge is 0.325 e. The quantitative estimate of drug-likeness (QED) is 0.779. The van der Waals surface area contributed by atoms with E-state index in [4.69, 9.17) is 0 Å². The summed E-state index contributed by atoms with van der Waals surface area (Å²) in [6.45, 7) is 5.96. The third-order valence-electron chi connectivity index (χ3n) is 4.90. The summed E-state index contributed by atoms with van der Waals surface area (Å²) >= 11 is 0. The lowest BCUT2D eigenvalue weighted by molar-refractivity contribution is -0.118. The average Bonchev–Trinajstić information content (AvgIpc) is 2.64. The van der Waals surface area contributed by atoms with Crippen molar-refractivity contribution in [3.05, 3.63) is 59.7 Å². The molecule has 146 valence electrons. The highest BCUT2D eigenvalue weighted by atomic mass is 32.2. The lowest BCUT2D eigenvalue weighted by Crippen LogP contribution is -2.27. The van der Waals surface area contributed by atoms with Gasteiger partial charge >= 0.3 is 0 Å². The third-order valence-corrected chi connectivity index (χ3v) is 6.71. The number of amides is 1. The molecule has 0 heterocycles. The van der Waals surface area contributed by atoms with Crippen LogP contribution in [0.3, 0.4) is 0 Å². The van der Waals surface area contributed by atoms with E-state index in [9.17, 15) is 13.2 Å². The average molecular weight is 389 g/mol. The number of carbonyl (C=O) groups is 1. The predicted molar refractivity (Wildman–Crippen MR) is 109 cm³/mol. The number of nitrogens with one attached hydrogen (secondary N) is 1. The number of sulfonamides is 1. The summed E-state index contributed by atoms with van der Waals surface area (Å²) in [5.41, 5.74) is 2.29. The Morgan fingerprint density at radius 3 is 2.30 bits per heavy atom. The van der Waals surface area contributed by atoms with Crippen LogP contribution in [0.1, 0.15) is 37.3 Å². The molecule has 27 heavy (non-hydrogen) atoms. The minimum absolute atomic E-state index is 0.127. The van der Waals surface area contributed by atoms with Crippen LogP contribution in [0.15, 0.2) is 53.4 Å². The van der Waals surface area contributed by atoms with Gasteiger partial charge in [0, 0.05) is 19.8 Å². The van der Waals surface area contributed by atoms with E-state index in [1.807, 2.05) is 37.3 Å². The topological polar surface area (TPSA) is 66.5 Å². The second-order valence-electron chi connectivity index (χ2n) is 7.03. The summed E-state index contributed by atoms with van der Waals surface area (Å²) in [5, 5.41) is 2.95. The fraction of sp³-hybridized carbons (Fsp3) is 0.381. The van der Waals surface area contributed by atoms with Crippen LogP contribution in [-0.4, -0.2) is 32.7 Å². The number of anilines is 1. The van der Waals surface area contributed by atoms with Crippen molar-refractivity contribution < 1.29 is 13.2 Å².